The molecule has 32 heavy (non-hydrogen) atoms. The van der Waals surface area contributed by atoms with Crippen LogP contribution in [0.1, 0.15) is 16.7 Å². The average Bonchev–Trinajstić information content (AvgIpc) is 2.73. The highest BCUT2D eigenvalue weighted by Crippen LogP contribution is 2.38. The van der Waals surface area contributed by atoms with Crippen molar-refractivity contribution in [3.63, 3.8) is 0 Å². The first kappa shape index (κ1) is 23.2. The molecule has 0 radical (unpaired) electrons. The van der Waals surface area contributed by atoms with Gasteiger partial charge < -0.3 is 14.6 Å². The Morgan fingerprint density at radius 1 is 1.03 bits per heavy atom. The lowest BCUT2D eigenvalue weighted by Gasteiger charge is -2.13. The number of halogens is 4. The van der Waals surface area contributed by atoms with Crippen LogP contribution in [-0.4, -0.2) is 17.7 Å². The van der Waals surface area contributed by atoms with Crippen LogP contribution in [0.3, 0.4) is 0 Å². The number of benzene rings is 3. The SMILES string of the molecule is O=C(O)Cc1cccc(Oc2c(Cl)cccc2OCC=Cc2ccc(C(F)(F)F)cc2)c1. The maximum absolute atomic E-state index is 12.6. The molecule has 0 aliphatic rings. The molecule has 0 atom stereocenters. The van der Waals surface area contributed by atoms with E-state index in [1.165, 1.54) is 12.1 Å². The summed E-state index contributed by atoms with van der Waals surface area (Å²) in [7, 11) is 0. The summed E-state index contributed by atoms with van der Waals surface area (Å²) in [4.78, 5) is 10.9. The van der Waals surface area contributed by atoms with Gasteiger partial charge in [-0.15, -0.1) is 0 Å². The molecule has 4 nitrogen and oxygen atoms in total. The van der Waals surface area contributed by atoms with Crippen molar-refractivity contribution in [2.45, 2.75) is 12.6 Å². The van der Waals surface area contributed by atoms with E-state index in [9.17, 15) is 18.0 Å². The van der Waals surface area contributed by atoms with E-state index in [0.717, 1.165) is 12.1 Å². The molecule has 3 aromatic rings. The van der Waals surface area contributed by atoms with Gasteiger partial charge in [-0.1, -0.05) is 48.0 Å². The van der Waals surface area contributed by atoms with E-state index in [4.69, 9.17) is 26.2 Å². The number of carboxylic acid groups (broad SMARTS) is 1. The van der Waals surface area contributed by atoms with E-state index in [-0.39, 0.29) is 18.8 Å². The van der Waals surface area contributed by atoms with Gasteiger partial charge in [-0.2, -0.15) is 13.2 Å². The molecule has 0 aliphatic heterocycles. The Morgan fingerprint density at radius 3 is 2.44 bits per heavy atom. The van der Waals surface area contributed by atoms with E-state index in [0.29, 0.717) is 27.6 Å². The molecule has 8 heteroatoms. The fourth-order valence-corrected chi connectivity index (χ4v) is 3.02. The van der Waals surface area contributed by atoms with Crippen LogP contribution < -0.4 is 9.47 Å². The van der Waals surface area contributed by atoms with Gasteiger partial charge in [0.05, 0.1) is 17.0 Å². The van der Waals surface area contributed by atoms with Crippen molar-refractivity contribution in [1.29, 1.82) is 0 Å². The van der Waals surface area contributed by atoms with Crippen molar-refractivity contribution >= 4 is 23.6 Å². The molecular weight excluding hydrogens is 445 g/mol. The van der Waals surface area contributed by atoms with Crippen LogP contribution in [0.2, 0.25) is 5.02 Å². The molecule has 1 N–H and O–H groups in total. The number of ether oxygens (including phenoxy) is 2. The fraction of sp³-hybridized carbons (Fsp3) is 0.125. The Balaban J connectivity index is 1.67. The van der Waals surface area contributed by atoms with Crippen LogP contribution >= 0.6 is 11.6 Å². The largest absolute Gasteiger partial charge is 0.486 e. The van der Waals surface area contributed by atoms with Crippen LogP contribution in [0.25, 0.3) is 6.08 Å². The third-order valence-corrected chi connectivity index (χ3v) is 4.59. The number of alkyl halides is 3. The van der Waals surface area contributed by atoms with Crippen molar-refractivity contribution in [2.75, 3.05) is 6.61 Å². The molecule has 0 heterocycles. The summed E-state index contributed by atoms with van der Waals surface area (Å²) in [6, 6.07) is 16.4. The van der Waals surface area contributed by atoms with Crippen LogP contribution in [0, 0.1) is 0 Å². The van der Waals surface area contributed by atoms with Crippen LogP contribution in [0.5, 0.6) is 17.2 Å². The summed E-state index contributed by atoms with van der Waals surface area (Å²) < 4.78 is 49.5. The zero-order valence-corrected chi connectivity index (χ0v) is 17.4. The highest BCUT2D eigenvalue weighted by molar-refractivity contribution is 6.32. The molecule has 0 unspecified atom stereocenters. The Hall–Kier alpha value is -3.45. The average molecular weight is 463 g/mol. The van der Waals surface area contributed by atoms with E-state index in [2.05, 4.69) is 0 Å². The van der Waals surface area contributed by atoms with Gasteiger partial charge >= 0.3 is 12.1 Å². The smallest absolute Gasteiger partial charge is 0.416 e. The Bertz CT molecular complexity index is 1110. The predicted molar refractivity (Wildman–Crippen MR) is 115 cm³/mol. The van der Waals surface area contributed by atoms with Gasteiger partial charge in [-0.3, -0.25) is 4.79 Å². The lowest BCUT2D eigenvalue weighted by molar-refractivity contribution is -0.138. The van der Waals surface area contributed by atoms with Gasteiger partial charge in [0.15, 0.2) is 11.5 Å². The van der Waals surface area contributed by atoms with Crippen molar-refractivity contribution in [3.05, 3.63) is 94.5 Å². The zero-order valence-electron chi connectivity index (χ0n) is 16.6. The van der Waals surface area contributed by atoms with Gasteiger partial charge in [-0.25, -0.2) is 0 Å². The third kappa shape index (κ3) is 6.52. The summed E-state index contributed by atoms with van der Waals surface area (Å²) in [5.41, 5.74) is 0.461. The van der Waals surface area contributed by atoms with E-state index in [1.54, 1.807) is 54.6 Å². The molecule has 0 spiro atoms. The number of aliphatic carboxylic acids is 1. The Labute approximate surface area is 187 Å². The number of hydrogen-bond donors (Lipinski definition) is 1. The van der Waals surface area contributed by atoms with Crippen molar-refractivity contribution in [2.24, 2.45) is 0 Å². The number of carbonyl (C=O) groups is 1. The fourth-order valence-electron chi connectivity index (χ4n) is 2.82. The van der Waals surface area contributed by atoms with Crippen LogP contribution in [-0.2, 0) is 17.4 Å². The summed E-state index contributed by atoms with van der Waals surface area (Å²) in [6.45, 7) is 0.122. The van der Waals surface area contributed by atoms with Gasteiger partial charge in [-0.05, 0) is 53.6 Å². The summed E-state index contributed by atoms with van der Waals surface area (Å²) in [6.07, 6.45) is -1.22. The van der Waals surface area contributed by atoms with Crippen molar-refractivity contribution in [3.8, 4) is 17.2 Å². The highest BCUT2D eigenvalue weighted by atomic mass is 35.5. The Kier molecular flexibility index (Phi) is 7.43. The first-order valence-electron chi connectivity index (χ1n) is 9.46. The standard InChI is InChI=1S/C24H18ClF3O4/c25-20-7-2-8-21(23(20)32-19-6-1-4-17(14-19)15-22(29)30)31-13-3-5-16-9-11-18(12-10-16)24(26,27)28/h1-12,14H,13,15H2,(H,29,30). The summed E-state index contributed by atoms with van der Waals surface area (Å²) >= 11 is 6.25. The predicted octanol–water partition coefficient (Wildman–Crippen LogP) is 6.87. The number of para-hydroxylation sites is 1. The molecule has 3 aromatic carbocycles. The molecule has 0 aromatic heterocycles. The lowest BCUT2D eigenvalue weighted by Crippen LogP contribution is -2.04. The molecule has 3 rings (SSSR count). The van der Waals surface area contributed by atoms with E-state index in [1.807, 2.05) is 0 Å². The number of hydrogen-bond acceptors (Lipinski definition) is 3. The normalized spacial score (nSPS) is 11.5. The summed E-state index contributed by atoms with van der Waals surface area (Å²) in [5.74, 6) is 0.0773. The van der Waals surface area contributed by atoms with Gasteiger partial charge in [0.2, 0.25) is 0 Å². The molecule has 0 bridgehead atoms. The van der Waals surface area contributed by atoms with E-state index < -0.39 is 17.7 Å². The lowest BCUT2D eigenvalue weighted by atomic mass is 10.1. The second kappa shape index (κ2) is 10.2. The number of rotatable bonds is 8. The van der Waals surface area contributed by atoms with Gasteiger partial charge in [0.1, 0.15) is 12.4 Å². The maximum atomic E-state index is 12.6. The summed E-state index contributed by atoms with van der Waals surface area (Å²) in [5, 5.41) is 9.25. The first-order valence-corrected chi connectivity index (χ1v) is 9.84. The van der Waals surface area contributed by atoms with Crippen LogP contribution in [0.15, 0.2) is 72.8 Å². The molecule has 0 saturated carbocycles. The zero-order chi connectivity index (χ0) is 23.1. The van der Waals surface area contributed by atoms with Crippen LogP contribution in [0.4, 0.5) is 13.2 Å². The molecule has 0 fully saturated rings. The molecular formula is C24H18ClF3O4. The van der Waals surface area contributed by atoms with Gasteiger partial charge in [0, 0.05) is 0 Å². The molecule has 0 saturated heterocycles. The minimum atomic E-state index is -4.37. The molecule has 166 valence electrons. The number of carboxylic acids is 1. The van der Waals surface area contributed by atoms with Gasteiger partial charge in [0.25, 0.3) is 0 Å². The minimum Gasteiger partial charge on any atom is -0.486 e. The monoisotopic (exact) mass is 462 g/mol. The highest BCUT2D eigenvalue weighted by Gasteiger charge is 2.29. The quantitative estimate of drug-likeness (QED) is 0.397. The van der Waals surface area contributed by atoms with Crippen molar-refractivity contribution in [1.82, 2.24) is 0 Å². The van der Waals surface area contributed by atoms with Crippen molar-refractivity contribution < 1.29 is 32.5 Å². The Morgan fingerprint density at radius 2 is 1.75 bits per heavy atom. The first-order chi connectivity index (χ1) is 15.2. The third-order valence-electron chi connectivity index (χ3n) is 4.29. The minimum absolute atomic E-state index is 0.122. The van der Waals surface area contributed by atoms with E-state index >= 15 is 0 Å². The second-order valence-electron chi connectivity index (χ2n) is 6.72. The second-order valence-corrected chi connectivity index (χ2v) is 7.13. The molecule has 0 aliphatic carbocycles. The maximum Gasteiger partial charge on any atom is 0.416 e. The molecule has 0 amide bonds. The topological polar surface area (TPSA) is 55.8 Å².